The summed E-state index contributed by atoms with van der Waals surface area (Å²) in [7, 11) is 0. The van der Waals surface area contributed by atoms with Crippen LogP contribution in [0.1, 0.15) is 44.1 Å². The van der Waals surface area contributed by atoms with E-state index in [1.54, 1.807) is 4.57 Å². The molecule has 2 aromatic rings. The number of aryl methyl sites for hydroxylation is 3. The number of nitrogens with two attached hydrogens (primary N) is 1. The number of hydrogen-bond acceptors (Lipinski definition) is 5. The SMILES string of the molecule is CCCN(N)c1nc(C)n(-c2c(CC)cccc2CC)c(=O)n1. The van der Waals surface area contributed by atoms with Gasteiger partial charge < -0.3 is 0 Å². The maximum atomic E-state index is 12.6. The average molecular weight is 315 g/mol. The minimum Gasteiger partial charge on any atom is -0.279 e. The molecule has 1 heterocycles. The molecular weight excluding hydrogens is 290 g/mol. The van der Waals surface area contributed by atoms with Gasteiger partial charge >= 0.3 is 5.69 Å². The standard InChI is InChI=1S/C17H25N5O/c1-5-11-21(18)16-19-12(4)22(17(23)20-16)15-13(6-2)9-8-10-14(15)7-3/h8-10H,5-7,11,18H2,1-4H3. The molecule has 0 aliphatic heterocycles. The molecule has 6 heteroatoms. The zero-order valence-corrected chi connectivity index (χ0v) is 14.3. The van der Waals surface area contributed by atoms with Crippen LogP contribution >= 0.6 is 0 Å². The fraction of sp³-hybridized carbons (Fsp3) is 0.471. The van der Waals surface area contributed by atoms with E-state index in [1.807, 2.05) is 32.0 Å². The van der Waals surface area contributed by atoms with Crippen molar-refractivity contribution in [2.45, 2.75) is 47.0 Å². The molecule has 0 saturated heterocycles. The van der Waals surface area contributed by atoms with E-state index in [2.05, 4.69) is 23.8 Å². The van der Waals surface area contributed by atoms with E-state index in [9.17, 15) is 4.79 Å². The smallest absolute Gasteiger partial charge is 0.279 e. The Morgan fingerprint density at radius 3 is 2.22 bits per heavy atom. The largest absolute Gasteiger partial charge is 0.356 e. The van der Waals surface area contributed by atoms with Crippen LogP contribution in [0.4, 0.5) is 5.95 Å². The van der Waals surface area contributed by atoms with Gasteiger partial charge in [0.1, 0.15) is 5.82 Å². The second-order valence-corrected chi connectivity index (χ2v) is 5.51. The van der Waals surface area contributed by atoms with Crippen LogP contribution in [0.5, 0.6) is 0 Å². The number of anilines is 1. The van der Waals surface area contributed by atoms with Crippen molar-refractivity contribution in [3.05, 3.63) is 45.6 Å². The van der Waals surface area contributed by atoms with Crippen molar-refractivity contribution in [2.24, 2.45) is 5.84 Å². The van der Waals surface area contributed by atoms with E-state index in [4.69, 9.17) is 5.84 Å². The highest BCUT2D eigenvalue weighted by atomic mass is 16.1. The third-order valence-electron chi connectivity index (χ3n) is 3.88. The second kappa shape index (κ2) is 7.37. The van der Waals surface area contributed by atoms with E-state index < -0.39 is 0 Å². The van der Waals surface area contributed by atoms with E-state index >= 15 is 0 Å². The van der Waals surface area contributed by atoms with Crippen molar-refractivity contribution in [3.8, 4) is 5.69 Å². The van der Waals surface area contributed by atoms with Gasteiger partial charge in [-0.25, -0.2) is 15.2 Å². The van der Waals surface area contributed by atoms with Gasteiger partial charge in [0.2, 0.25) is 5.95 Å². The van der Waals surface area contributed by atoms with E-state index in [0.717, 1.165) is 36.1 Å². The predicted octanol–water partition coefficient (Wildman–Crippen LogP) is 2.15. The van der Waals surface area contributed by atoms with Crippen molar-refractivity contribution in [1.29, 1.82) is 0 Å². The molecule has 0 aliphatic carbocycles. The lowest BCUT2D eigenvalue weighted by atomic mass is 10.0. The molecule has 0 unspecified atom stereocenters. The summed E-state index contributed by atoms with van der Waals surface area (Å²) in [5.41, 5.74) is 2.80. The Balaban J connectivity index is 2.64. The molecule has 0 radical (unpaired) electrons. The number of rotatable bonds is 6. The van der Waals surface area contributed by atoms with Gasteiger partial charge in [-0.3, -0.25) is 5.01 Å². The summed E-state index contributed by atoms with van der Waals surface area (Å²) in [6.07, 6.45) is 2.55. The lowest BCUT2D eigenvalue weighted by Crippen LogP contribution is -2.37. The number of hydrazine groups is 1. The first-order valence-corrected chi connectivity index (χ1v) is 8.14. The Morgan fingerprint density at radius 1 is 1.13 bits per heavy atom. The molecule has 2 rings (SSSR count). The molecule has 23 heavy (non-hydrogen) atoms. The summed E-state index contributed by atoms with van der Waals surface area (Å²) in [6, 6.07) is 6.11. The summed E-state index contributed by atoms with van der Waals surface area (Å²) in [6.45, 7) is 8.60. The molecule has 0 saturated carbocycles. The number of aromatic nitrogens is 3. The number of hydrogen-bond donors (Lipinski definition) is 1. The van der Waals surface area contributed by atoms with Crippen LogP contribution in [0.25, 0.3) is 5.69 Å². The highest BCUT2D eigenvalue weighted by Gasteiger charge is 2.16. The van der Waals surface area contributed by atoms with Crippen LogP contribution in [0, 0.1) is 6.92 Å². The second-order valence-electron chi connectivity index (χ2n) is 5.51. The first-order valence-electron chi connectivity index (χ1n) is 8.14. The molecule has 2 N–H and O–H groups in total. The lowest BCUT2D eigenvalue weighted by molar-refractivity contribution is 0.725. The van der Waals surface area contributed by atoms with Crippen LogP contribution < -0.4 is 16.5 Å². The molecule has 1 aromatic carbocycles. The van der Waals surface area contributed by atoms with E-state index in [0.29, 0.717) is 12.4 Å². The summed E-state index contributed by atoms with van der Waals surface area (Å²) in [5, 5.41) is 1.42. The Kier molecular flexibility index (Phi) is 5.50. The number of benzene rings is 1. The van der Waals surface area contributed by atoms with Gasteiger partial charge in [0, 0.05) is 6.54 Å². The highest BCUT2D eigenvalue weighted by Crippen LogP contribution is 2.21. The Labute approximate surface area is 137 Å². The predicted molar refractivity (Wildman–Crippen MR) is 92.9 cm³/mol. The molecule has 0 amide bonds. The van der Waals surface area contributed by atoms with Crippen LogP contribution in [-0.4, -0.2) is 21.1 Å². The fourth-order valence-electron chi connectivity index (χ4n) is 2.72. The normalized spacial score (nSPS) is 10.8. The lowest BCUT2D eigenvalue weighted by Gasteiger charge is -2.19. The molecule has 6 nitrogen and oxygen atoms in total. The summed E-state index contributed by atoms with van der Waals surface area (Å²) in [5.74, 6) is 6.78. The maximum Gasteiger partial charge on any atom is 0.356 e. The van der Waals surface area contributed by atoms with Gasteiger partial charge in [0.25, 0.3) is 0 Å². The van der Waals surface area contributed by atoms with Crippen molar-refractivity contribution < 1.29 is 0 Å². The summed E-state index contributed by atoms with van der Waals surface area (Å²) < 4.78 is 1.60. The monoisotopic (exact) mass is 315 g/mol. The van der Waals surface area contributed by atoms with Crippen LogP contribution in [0.3, 0.4) is 0 Å². The minimum absolute atomic E-state index is 0.276. The third kappa shape index (κ3) is 3.42. The van der Waals surface area contributed by atoms with Crippen LogP contribution in [0.2, 0.25) is 0 Å². The summed E-state index contributed by atoms with van der Waals surface area (Å²) in [4.78, 5) is 21.1. The van der Waals surface area contributed by atoms with Gasteiger partial charge in [0.15, 0.2) is 0 Å². The van der Waals surface area contributed by atoms with Crippen molar-refractivity contribution in [1.82, 2.24) is 14.5 Å². The number of nitrogens with zero attached hydrogens (tertiary/aromatic N) is 4. The Hall–Kier alpha value is -2.21. The fourth-order valence-corrected chi connectivity index (χ4v) is 2.72. The van der Waals surface area contributed by atoms with Gasteiger partial charge in [0.05, 0.1) is 5.69 Å². The molecular formula is C17H25N5O. The molecule has 0 atom stereocenters. The average Bonchev–Trinajstić information content (AvgIpc) is 2.54. The maximum absolute atomic E-state index is 12.6. The topological polar surface area (TPSA) is 77.0 Å². The first-order chi connectivity index (χ1) is 11.0. The summed E-state index contributed by atoms with van der Waals surface area (Å²) >= 11 is 0. The van der Waals surface area contributed by atoms with Crippen LogP contribution in [-0.2, 0) is 12.8 Å². The molecule has 1 aromatic heterocycles. The quantitative estimate of drug-likeness (QED) is 0.653. The molecule has 0 bridgehead atoms. The zero-order chi connectivity index (χ0) is 17.0. The van der Waals surface area contributed by atoms with Crippen molar-refractivity contribution in [3.63, 3.8) is 0 Å². The van der Waals surface area contributed by atoms with E-state index in [1.165, 1.54) is 5.01 Å². The zero-order valence-electron chi connectivity index (χ0n) is 14.3. The highest BCUT2D eigenvalue weighted by molar-refractivity contribution is 5.49. The first kappa shape index (κ1) is 17.1. The van der Waals surface area contributed by atoms with Gasteiger partial charge in [-0.05, 0) is 37.3 Å². The third-order valence-corrected chi connectivity index (χ3v) is 3.88. The van der Waals surface area contributed by atoms with E-state index in [-0.39, 0.29) is 11.6 Å². The Bertz CT molecular complexity index is 716. The number of para-hydroxylation sites is 1. The van der Waals surface area contributed by atoms with Gasteiger partial charge in [-0.1, -0.05) is 39.0 Å². The van der Waals surface area contributed by atoms with Crippen molar-refractivity contribution >= 4 is 5.95 Å². The molecule has 0 fully saturated rings. The van der Waals surface area contributed by atoms with Crippen molar-refractivity contribution in [2.75, 3.05) is 11.6 Å². The van der Waals surface area contributed by atoms with Crippen LogP contribution in [0.15, 0.2) is 23.0 Å². The Morgan fingerprint density at radius 2 is 1.74 bits per heavy atom. The molecule has 0 spiro atoms. The molecule has 124 valence electrons. The van der Waals surface area contributed by atoms with Gasteiger partial charge in [-0.15, -0.1) is 0 Å². The molecule has 0 aliphatic rings. The van der Waals surface area contributed by atoms with Gasteiger partial charge in [-0.2, -0.15) is 9.97 Å². The minimum atomic E-state index is -0.338.